The number of fused-ring (bicyclic) bond motifs is 2. The maximum Gasteiger partial charge on any atom is 0.406 e. The first-order valence-electron chi connectivity index (χ1n) is 12.8. The lowest BCUT2D eigenvalue weighted by Gasteiger charge is -2.35. The summed E-state index contributed by atoms with van der Waals surface area (Å²) in [5.41, 5.74) is 1.57. The number of halogens is 3. The fraction of sp³-hybridized carbons (Fsp3) is 0.538. The largest absolute Gasteiger partial charge is 0.406 e. The molecule has 0 bridgehead atoms. The molecule has 37 heavy (non-hydrogen) atoms. The number of alkyl halides is 3. The number of anilines is 4. The Kier molecular flexibility index (Phi) is 6.24. The summed E-state index contributed by atoms with van der Waals surface area (Å²) in [5.74, 6) is 0.489. The van der Waals surface area contributed by atoms with Gasteiger partial charge in [0.1, 0.15) is 17.5 Å². The highest BCUT2D eigenvalue weighted by molar-refractivity contribution is 6.01. The van der Waals surface area contributed by atoms with E-state index in [0.717, 1.165) is 35.7 Å². The number of ether oxygens (including phenoxy) is 2. The number of benzene rings is 1. The minimum atomic E-state index is -4.28. The summed E-state index contributed by atoms with van der Waals surface area (Å²) in [5, 5.41) is 6.13. The number of rotatable bonds is 4. The number of nitrogens with one attached hydrogen (secondary N) is 2. The van der Waals surface area contributed by atoms with E-state index in [0.29, 0.717) is 38.4 Å². The molecule has 3 fully saturated rings. The van der Waals surface area contributed by atoms with Crippen molar-refractivity contribution in [3.63, 3.8) is 0 Å². The van der Waals surface area contributed by atoms with Crippen LogP contribution in [0.3, 0.4) is 0 Å². The molecule has 1 saturated carbocycles. The second kappa shape index (κ2) is 9.45. The van der Waals surface area contributed by atoms with Crippen LogP contribution in [0.2, 0.25) is 0 Å². The molecule has 2 atom stereocenters. The van der Waals surface area contributed by atoms with Gasteiger partial charge in [-0.1, -0.05) is 6.07 Å². The van der Waals surface area contributed by atoms with Crippen molar-refractivity contribution >= 4 is 28.8 Å². The molecule has 2 saturated heterocycles. The number of hydrogen-bond acceptors (Lipinski definition) is 7. The number of hydrogen-bond donors (Lipinski definition) is 2. The van der Waals surface area contributed by atoms with Gasteiger partial charge in [-0.05, 0) is 49.9 Å². The van der Waals surface area contributed by atoms with Crippen LogP contribution < -0.4 is 20.4 Å². The summed E-state index contributed by atoms with van der Waals surface area (Å²) in [6.07, 6.45) is -2.32. The van der Waals surface area contributed by atoms with Gasteiger partial charge >= 0.3 is 6.18 Å². The minimum absolute atomic E-state index is 0.0686. The number of carbonyl (C=O) groups is 1. The van der Waals surface area contributed by atoms with Gasteiger partial charge in [-0.2, -0.15) is 13.2 Å². The SMILES string of the molecule is O=C(C1CCC(NC2(C(F)(F)F)CC2)CO1)N1Cc2cccnc2Nc2ccc(N3CCOCC3)cc21. The average molecular weight is 518 g/mol. The van der Waals surface area contributed by atoms with Gasteiger partial charge < -0.3 is 24.6 Å². The van der Waals surface area contributed by atoms with Gasteiger partial charge in [0, 0.05) is 36.6 Å². The lowest BCUT2D eigenvalue weighted by Crippen LogP contribution is -2.54. The Labute approximate surface area is 213 Å². The summed E-state index contributed by atoms with van der Waals surface area (Å²) in [6, 6.07) is 9.32. The number of carbonyl (C=O) groups excluding carboxylic acids is 1. The van der Waals surface area contributed by atoms with Crippen LogP contribution in [0.5, 0.6) is 0 Å². The maximum atomic E-state index is 13.8. The van der Waals surface area contributed by atoms with Gasteiger partial charge in [-0.15, -0.1) is 0 Å². The lowest BCUT2D eigenvalue weighted by molar-refractivity contribution is -0.171. The van der Waals surface area contributed by atoms with E-state index in [1.54, 1.807) is 11.1 Å². The Bertz CT molecular complexity index is 1160. The normalized spacial score (nSPS) is 24.9. The van der Waals surface area contributed by atoms with E-state index in [9.17, 15) is 18.0 Å². The van der Waals surface area contributed by atoms with Gasteiger partial charge in [-0.25, -0.2) is 4.98 Å². The third-order valence-electron chi connectivity index (χ3n) is 7.71. The second-order valence-electron chi connectivity index (χ2n) is 10.2. The Morgan fingerprint density at radius 1 is 1.16 bits per heavy atom. The number of aromatic nitrogens is 1. The Hall–Kier alpha value is -2.89. The predicted octanol–water partition coefficient (Wildman–Crippen LogP) is 3.74. The highest BCUT2D eigenvalue weighted by Gasteiger charge is 2.63. The molecule has 198 valence electrons. The van der Waals surface area contributed by atoms with Crippen LogP contribution in [-0.4, -0.2) is 67.7 Å². The summed E-state index contributed by atoms with van der Waals surface area (Å²) < 4.78 is 51.5. The monoisotopic (exact) mass is 517 g/mol. The van der Waals surface area contributed by atoms with Crippen LogP contribution in [0.4, 0.5) is 36.1 Å². The van der Waals surface area contributed by atoms with Crippen LogP contribution in [-0.2, 0) is 20.8 Å². The van der Waals surface area contributed by atoms with Gasteiger partial charge in [-0.3, -0.25) is 10.1 Å². The topological polar surface area (TPSA) is 79.0 Å². The van der Waals surface area contributed by atoms with Crippen LogP contribution in [0.15, 0.2) is 36.5 Å². The third kappa shape index (κ3) is 4.75. The first kappa shape index (κ1) is 24.4. The molecular weight excluding hydrogens is 487 g/mol. The minimum Gasteiger partial charge on any atom is -0.378 e. The number of pyridine rings is 1. The van der Waals surface area contributed by atoms with E-state index >= 15 is 0 Å². The Balaban J connectivity index is 1.23. The molecule has 4 heterocycles. The zero-order chi connectivity index (χ0) is 25.6. The third-order valence-corrected chi connectivity index (χ3v) is 7.71. The zero-order valence-electron chi connectivity index (χ0n) is 20.4. The molecule has 1 aromatic heterocycles. The van der Waals surface area contributed by atoms with E-state index in [1.165, 1.54) is 0 Å². The van der Waals surface area contributed by atoms with Crippen LogP contribution in [0, 0.1) is 0 Å². The Morgan fingerprint density at radius 2 is 1.97 bits per heavy atom. The summed E-state index contributed by atoms with van der Waals surface area (Å²) in [6.45, 7) is 3.21. The highest BCUT2D eigenvalue weighted by Crippen LogP contribution is 2.49. The molecule has 1 aromatic carbocycles. The van der Waals surface area contributed by atoms with E-state index in [-0.39, 0.29) is 25.4 Å². The van der Waals surface area contributed by atoms with Crippen molar-refractivity contribution in [1.29, 1.82) is 0 Å². The molecule has 0 radical (unpaired) electrons. The highest BCUT2D eigenvalue weighted by atomic mass is 19.4. The fourth-order valence-electron chi connectivity index (χ4n) is 5.39. The van der Waals surface area contributed by atoms with Crippen molar-refractivity contribution in [2.75, 3.05) is 48.0 Å². The lowest BCUT2D eigenvalue weighted by atomic mass is 10.0. The molecule has 3 aliphatic heterocycles. The zero-order valence-corrected chi connectivity index (χ0v) is 20.4. The van der Waals surface area contributed by atoms with Gasteiger partial charge in [0.2, 0.25) is 0 Å². The summed E-state index contributed by atoms with van der Waals surface area (Å²) in [4.78, 5) is 22.3. The molecule has 11 heteroatoms. The van der Waals surface area contributed by atoms with Crippen LogP contribution in [0.25, 0.3) is 0 Å². The molecule has 2 aromatic rings. The van der Waals surface area contributed by atoms with Gasteiger partial charge in [0.05, 0.1) is 37.7 Å². The van der Waals surface area contributed by atoms with Crippen molar-refractivity contribution in [1.82, 2.24) is 10.3 Å². The quantitative estimate of drug-likeness (QED) is 0.640. The molecule has 2 unspecified atom stereocenters. The van der Waals surface area contributed by atoms with E-state index in [4.69, 9.17) is 9.47 Å². The van der Waals surface area contributed by atoms with E-state index in [2.05, 4.69) is 20.5 Å². The molecule has 6 rings (SSSR count). The van der Waals surface area contributed by atoms with Crippen molar-refractivity contribution < 1.29 is 27.4 Å². The van der Waals surface area contributed by atoms with Crippen molar-refractivity contribution in [3.8, 4) is 0 Å². The van der Waals surface area contributed by atoms with Crippen LogP contribution in [0.1, 0.15) is 31.2 Å². The molecule has 8 nitrogen and oxygen atoms in total. The molecule has 4 aliphatic rings. The maximum absolute atomic E-state index is 13.8. The van der Waals surface area contributed by atoms with Gasteiger partial charge in [0.15, 0.2) is 0 Å². The molecular formula is C26H30F3N5O3. The van der Waals surface area contributed by atoms with Crippen LogP contribution >= 0.6 is 0 Å². The standard InChI is InChI=1S/C26H30F3N5O3/c27-26(28,29)25(7-8-25)32-18-3-6-22(37-16-18)24(35)34-15-17-2-1-9-30-23(17)31-20-5-4-19(14-21(20)34)33-10-12-36-13-11-33/h1-2,4-5,9,14,18,22,32H,3,6-8,10-13,15-16H2,(H,30,31). The average Bonchev–Trinajstić information content (AvgIpc) is 3.72. The second-order valence-corrected chi connectivity index (χ2v) is 10.2. The molecule has 2 N–H and O–H groups in total. The molecule has 1 aliphatic carbocycles. The number of morpholine rings is 1. The summed E-state index contributed by atoms with van der Waals surface area (Å²) in [7, 11) is 0. The molecule has 1 amide bonds. The first-order valence-corrected chi connectivity index (χ1v) is 12.8. The van der Waals surface area contributed by atoms with Crippen molar-refractivity contribution in [3.05, 3.63) is 42.1 Å². The fourth-order valence-corrected chi connectivity index (χ4v) is 5.39. The van der Waals surface area contributed by atoms with E-state index < -0.39 is 23.9 Å². The Morgan fingerprint density at radius 3 is 2.68 bits per heavy atom. The predicted molar refractivity (Wildman–Crippen MR) is 132 cm³/mol. The van der Waals surface area contributed by atoms with E-state index in [1.807, 2.05) is 30.3 Å². The summed E-state index contributed by atoms with van der Waals surface area (Å²) >= 11 is 0. The molecule has 0 spiro atoms. The van der Waals surface area contributed by atoms with Crippen molar-refractivity contribution in [2.45, 2.75) is 56.1 Å². The smallest absolute Gasteiger partial charge is 0.378 e. The van der Waals surface area contributed by atoms with Gasteiger partial charge in [0.25, 0.3) is 5.91 Å². The number of nitrogens with zero attached hydrogens (tertiary/aromatic N) is 3. The first-order chi connectivity index (χ1) is 17.8. The number of amides is 1. The van der Waals surface area contributed by atoms with Crippen molar-refractivity contribution in [2.24, 2.45) is 0 Å².